The van der Waals surface area contributed by atoms with Crippen LogP contribution < -0.4 is 0 Å². The summed E-state index contributed by atoms with van der Waals surface area (Å²) < 4.78 is 0. The van der Waals surface area contributed by atoms with Gasteiger partial charge in [-0.3, -0.25) is 9.59 Å². The number of Topliss-reactive ketones (excluding diaryl/α,β-unsaturated/α-hetero) is 1. The third kappa shape index (κ3) is 5.53. The first-order valence-electron chi connectivity index (χ1n) is 12.6. The van der Waals surface area contributed by atoms with E-state index < -0.39 is 17.7 Å². The van der Waals surface area contributed by atoms with Gasteiger partial charge in [-0.05, 0) is 50.5 Å². The second kappa shape index (κ2) is 10.6. The third-order valence-corrected chi connectivity index (χ3v) is 7.87. The molecule has 37 heavy (non-hydrogen) atoms. The highest BCUT2D eigenvalue weighted by Gasteiger charge is 2.44. The Labute approximate surface area is 223 Å². The maximum Gasteiger partial charge on any atom is 0.290 e. The van der Waals surface area contributed by atoms with E-state index in [4.69, 9.17) is 0 Å². The predicted octanol–water partition coefficient (Wildman–Crippen LogP) is 5.95. The summed E-state index contributed by atoms with van der Waals surface area (Å²) in [6, 6.07) is 17.1. The molecule has 1 amide bonds. The Morgan fingerprint density at radius 2 is 1.73 bits per heavy atom. The minimum Gasteiger partial charge on any atom is -0.503 e. The summed E-state index contributed by atoms with van der Waals surface area (Å²) in [6.45, 7) is 9.45. The Balaban J connectivity index is 1.75. The van der Waals surface area contributed by atoms with Crippen LogP contribution in [-0.4, -0.2) is 58.8 Å². The zero-order valence-electron chi connectivity index (χ0n) is 22.4. The van der Waals surface area contributed by atoms with Crippen LogP contribution in [0.4, 0.5) is 0 Å². The third-order valence-electron chi connectivity index (χ3n) is 6.67. The minimum atomic E-state index is -0.655. The van der Waals surface area contributed by atoms with Crippen molar-refractivity contribution in [2.45, 2.75) is 45.6 Å². The van der Waals surface area contributed by atoms with E-state index in [1.165, 1.54) is 11.3 Å². The van der Waals surface area contributed by atoms with Crippen molar-refractivity contribution < 1.29 is 14.7 Å². The molecule has 6 nitrogen and oxygen atoms in total. The topological polar surface area (TPSA) is 73.7 Å². The van der Waals surface area contributed by atoms with Crippen molar-refractivity contribution in [1.29, 1.82) is 0 Å². The summed E-state index contributed by atoms with van der Waals surface area (Å²) >= 11 is 1.29. The number of rotatable bonds is 8. The summed E-state index contributed by atoms with van der Waals surface area (Å²) in [5, 5.41) is 11.8. The number of nitrogens with zero attached hydrogens (tertiary/aromatic N) is 3. The fourth-order valence-electron chi connectivity index (χ4n) is 4.62. The van der Waals surface area contributed by atoms with Crippen molar-refractivity contribution >= 4 is 23.0 Å². The van der Waals surface area contributed by atoms with E-state index in [1.54, 1.807) is 11.8 Å². The molecule has 1 unspecified atom stereocenters. The Morgan fingerprint density at radius 1 is 1.08 bits per heavy atom. The highest BCUT2D eigenvalue weighted by Crippen LogP contribution is 2.41. The van der Waals surface area contributed by atoms with Crippen LogP contribution in [0, 0.1) is 6.92 Å². The monoisotopic (exact) mass is 517 g/mol. The summed E-state index contributed by atoms with van der Waals surface area (Å²) in [5.74, 6) is -1.31. The average Bonchev–Trinajstić information content (AvgIpc) is 3.36. The molecule has 0 aliphatic carbocycles. The average molecular weight is 518 g/mol. The van der Waals surface area contributed by atoms with Crippen LogP contribution in [0.5, 0.6) is 0 Å². The van der Waals surface area contributed by atoms with Gasteiger partial charge in [0, 0.05) is 12.1 Å². The number of carbonyl (C=O) groups excluding carboxylic acids is 2. The molecule has 0 bridgehead atoms. The van der Waals surface area contributed by atoms with Crippen molar-refractivity contribution in [2.75, 3.05) is 27.2 Å². The number of aromatic nitrogens is 1. The molecule has 1 N–H and O–H groups in total. The first kappa shape index (κ1) is 26.8. The molecular formula is C30H35N3O3S. The van der Waals surface area contributed by atoms with Gasteiger partial charge in [-0.25, -0.2) is 4.98 Å². The molecule has 0 radical (unpaired) electrons. The van der Waals surface area contributed by atoms with Crippen LogP contribution in [-0.2, 0) is 10.2 Å². The Hall–Kier alpha value is -3.29. The molecule has 7 heteroatoms. The van der Waals surface area contributed by atoms with Gasteiger partial charge in [0.25, 0.3) is 5.91 Å². The Bertz CT molecular complexity index is 1320. The standard InChI is InChI=1S/C30H35N3O3S/c1-19-27(37-28(31-19)21-11-8-7-9-12-21)25(34)23-24(20-13-15-22(16-14-20)30(2,3)4)33(29(36)26(23)35)18-10-17-32(5)6/h7-9,11-16,24,35H,10,17-18H2,1-6H3. The first-order valence-corrected chi connectivity index (χ1v) is 13.4. The molecule has 1 aliphatic rings. The molecule has 194 valence electrons. The molecule has 1 aliphatic heterocycles. The predicted molar refractivity (Wildman–Crippen MR) is 149 cm³/mol. The number of aliphatic hydroxyl groups is 1. The lowest BCUT2D eigenvalue weighted by atomic mass is 9.85. The van der Waals surface area contributed by atoms with Gasteiger partial charge in [0.15, 0.2) is 5.76 Å². The van der Waals surface area contributed by atoms with Gasteiger partial charge in [0.05, 0.1) is 22.2 Å². The molecule has 2 aromatic carbocycles. The number of hydrogen-bond acceptors (Lipinski definition) is 6. The highest BCUT2D eigenvalue weighted by atomic mass is 32.1. The Morgan fingerprint density at radius 3 is 2.32 bits per heavy atom. The van der Waals surface area contributed by atoms with Gasteiger partial charge in [-0.2, -0.15) is 0 Å². The number of thiazole rings is 1. The fourth-order valence-corrected chi connectivity index (χ4v) is 5.64. The van der Waals surface area contributed by atoms with E-state index >= 15 is 0 Å². The molecule has 0 saturated carbocycles. The van der Waals surface area contributed by atoms with Crippen LogP contribution >= 0.6 is 11.3 Å². The fraction of sp³-hybridized carbons (Fsp3) is 0.367. The summed E-state index contributed by atoms with van der Waals surface area (Å²) in [4.78, 5) is 36.0. The zero-order valence-corrected chi connectivity index (χ0v) is 23.2. The molecule has 1 aromatic heterocycles. The van der Waals surface area contributed by atoms with Gasteiger partial charge < -0.3 is 14.9 Å². The maximum absolute atomic E-state index is 14.0. The lowest BCUT2D eigenvalue weighted by Gasteiger charge is -2.28. The molecule has 0 saturated heterocycles. The minimum absolute atomic E-state index is 0.0281. The van der Waals surface area contributed by atoms with Crippen molar-refractivity contribution in [2.24, 2.45) is 0 Å². The van der Waals surface area contributed by atoms with Gasteiger partial charge in [-0.1, -0.05) is 75.4 Å². The van der Waals surface area contributed by atoms with E-state index in [9.17, 15) is 14.7 Å². The van der Waals surface area contributed by atoms with Crippen LogP contribution in [0.1, 0.15) is 59.7 Å². The number of aryl methyl sites for hydroxylation is 1. The second-order valence-corrected chi connectivity index (χ2v) is 11.8. The molecule has 3 aromatic rings. The molecule has 1 atom stereocenters. The lowest BCUT2D eigenvalue weighted by molar-refractivity contribution is -0.129. The SMILES string of the molecule is Cc1nc(-c2ccccc2)sc1C(=O)C1=C(O)C(=O)N(CCCN(C)C)C1c1ccc(C(C)(C)C)cc1. The number of hydrogen-bond donors (Lipinski definition) is 1. The van der Waals surface area contributed by atoms with Gasteiger partial charge in [0.1, 0.15) is 5.01 Å². The first-order chi connectivity index (χ1) is 17.5. The van der Waals surface area contributed by atoms with Crippen molar-refractivity contribution in [3.05, 3.63) is 87.6 Å². The smallest absolute Gasteiger partial charge is 0.290 e. The van der Waals surface area contributed by atoms with Crippen molar-refractivity contribution in [3.8, 4) is 10.6 Å². The number of ketones is 1. The molecule has 4 rings (SSSR count). The summed E-state index contributed by atoms with van der Waals surface area (Å²) in [6.07, 6.45) is 0.724. The van der Waals surface area contributed by atoms with Crippen LogP contribution in [0.25, 0.3) is 10.6 Å². The van der Waals surface area contributed by atoms with Crippen LogP contribution in [0.3, 0.4) is 0 Å². The summed E-state index contributed by atoms with van der Waals surface area (Å²) in [5.41, 5.74) is 3.59. The maximum atomic E-state index is 14.0. The Kier molecular flexibility index (Phi) is 7.67. The zero-order chi connectivity index (χ0) is 26.9. The van der Waals surface area contributed by atoms with E-state index in [1.807, 2.05) is 68.7 Å². The van der Waals surface area contributed by atoms with E-state index in [-0.39, 0.29) is 16.8 Å². The van der Waals surface area contributed by atoms with E-state index in [0.717, 1.165) is 34.7 Å². The molecule has 0 fully saturated rings. The van der Waals surface area contributed by atoms with E-state index in [0.29, 0.717) is 17.1 Å². The van der Waals surface area contributed by atoms with Gasteiger partial charge in [0.2, 0.25) is 5.78 Å². The van der Waals surface area contributed by atoms with Crippen LogP contribution in [0.2, 0.25) is 0 Å². The molecule has 2 heterocycles. The number of aliphatic hydroxyl groups excluding tert-OH is 1. The molecule has 0 spiro atoms. The highest BCUT2D eigenvalue weighted by molar-refractivity contribution is 7.17. The quantitative estimate of drug-likeness (QED) is 0.374. The largest absolute Gasteiger partial charge is 0.503 e. The second-order valence-electron chi connectivity index (χ2n) is 10.8. The van der Waals surface area contributed by atoms with Crippen LogP contribution in [0.15, 0.2) is 65.9 Å². The van der Waals surface area contributed by atoms with Gasteiger partial charge >= 0.3 is 0 Å². The molecular weight excluding hydrogens is 482 g/mol. The number of benzene rings is 2. The van der Waals surface area contributed by atoms with Crippen molar-refractivity contribution in [3.63, 3.8) is 0 Å². The number of amides is 1. The lowest BCUT2D eigenvalue weighted by Crippen LogP contribution is -2.33. The normalized spacial score (nSPS) is 16.2. The van der Waals surface area contributed by atoms with Crippen molar-refractivity contribution in [1.82, 2.24) is 14.8 Å². The summed E-state index contributed by atoms with van der Waals surface area (Å²) in [7, 11) is 3.96. The van der Waals surface area contributed by atoms with E-state index in [2.05, 4.69) is 30.7 Å². The number of carbonyl (C=O) groups is 2. The van der Waals surface area contributed by atoms with Gasteiger partial charge in [-0.15, -0.1) is 11.3 Å².